The number of rotatable bonds is 1. The van der Waals surface area contributed by atoms with Crippen LogP contribution in [0, 0.1) is 0 Å². The Balaban J connectivity index is 2.95. The number of benzene rings is 1. The second kappa shape index (κ2) is 3.80. The molecule has 0 unspecified atom stereocenters. The van der Waals surface area contributed by atoms with Crippen LogP contribution in [0.15, 0.2) is 24.3 Å². The standard InChI is InChI=1S/C11H15NO2/c1-11(2,3)9-6-4-8(5-7-9)10(13)14-12/h4-7H,12H2,1-3H3. The molecule has 0 amide bonds. The first-order valence-electron chi connectivity index (χ1n) is 4.47. The van der Waals surface area contributed by atoms with Crippen molar-refractivity contribution in [3.63, 3.8) is 0 Å². The molecule has 1 aromatic rings. The Morgan fingerprint density at radius 2 is 1.71 bits per heavy atom. The molecule has 0 spiro atoms. The molecule has 0 radical (unpaired) electrons. The Hall–Kier alpha value is -1.35. The van der Waals surface area contributed by atoms with Gasteiger partial charge in [0.25, 0.3) is 0 Å². The minimum atomic E-state index is -0.509. The van der Waals surface area contributed by atoms with Gasteiger partial charge in [-0.25, -0.2) is 4.79 Å². The molecule has 3 heteroatoms. The second-order valence-corrected chi connectivity index (χ2v) is 4.23. The number of hydrogen-bond donors (Lipinski definition) is 1. The summed E-state index contributed by atoms with van der Waals surface area (Å²) in [5.74, 6) is 4.27. The van der Waals surface area contributed by atoms with E-state index in [0.29, 0.717) is 5.56 Å². The van der Waals surface area contributed by atoms with Gasteiger partial charge in [0.2, 0.25) is 0 Å². The molecule has 0 heterocycles. The molecule has 0 atom stereocenters. The van der Waals surface area contributed by atoms with E-state index in [1.54, 1.807) is 12.1 Å². The highest BCUT2D eigenvalue weighted by molar-refractivity contribution is 5.89. The minimum Gasteiger partial charge on any atom is -0.370 e. The number of nitrogens with two attached hydrogens (primary N) is 1. The molecule has 0 aliphatic rings. The smallest absolute Gasteiger partial charge is 0.356 e. The van der Waals surface area contributed by atoms with Crippen molar-refractivity contribution >= 4 is 5.97 Å². The van der Waals surface area contributed by atoms with Gasteiger partial charge in [-0.05, 0) is 23.1 Å². The molecule has 0 bridgehead atoms. The van der Waals surface area contributed by atoms with Gasteiger partial charge in [-0.15, -0.1) is 0 Å². The van der Waals surface area contributed by atoms with E-state index in [0.717, 1.165) is 0 Å². The monoisotopic (exact) mass is 193 g/mol. The van der Waals surface area contributed by atoms with Gasteiger partial charge in [-0.1, -0.05) is 32.9 Å². The van der Waals surface area contributed by atoms with Crippen LogP contribution in [-0.4, -0.2) is 5.97 Å². The topological polar surface area (TPSA) is 52.3 Å². The highest BCUT2D eigenvalue weighted by atomic mass is 16.7. The quantitative estimate of drug-likeness (QED) is 0.694. The zero-order valence-electron chi connectivity index (χ0n) is 8.70. The fraction of sp³-hybridized carbons (Fsp3) is 0.364. The van der Waals surface area contributed by atoms with Gasteiger partial charge in [-0.3, -0.25) is 0 Å². The van der Waals surface area contributed by atoms with Crippen molar-refractivity contribution in [2.45, 2.75) is 26.2 Å². The lowest BCUT2D eigenvalue weighted by Gasteiger charge is -2.18. The van der Waals surface area contributed by atoms with Gasteiger partial charge < -0.3 is 4.84 Å². The van der Waals surface area contributed by atoms with E-state index < -0.39 is 5.97 Å². The van der Waals surface area contributed by atoms with Gasteiger partial charge in [0.1, 0.15) is 0 Å². The summed E-state index contributed by atoms with van der Waals surface area (Å²) in [4.78, 5) is 15.1. The first-order chi connectivity index (χ1) is 6.45. The lowest BCUT2D eigenvalue weighted by molar-refractivity contribution is 0.0503. The summed E-state index contributed by atoms with van der Waals surface area (Å²) >= 11 is 0. The summed E-state index contributed by atoms with van der Waals surface area (Å²) < 4.78 is 0. The van der Waals surface area contributed by atoms with Crippen LogP contribution in [0.3, 0.4) is 0 Å². The van der Waals surface area contributed by atoms with E-state index in [1.165, 1.54) is 5.56 Å². The summed E-state index contributed by atoms with van der Waals surface area (Å²) in [6.07, 6.45) is 0. The van der Waals surface area contributed by atoms with E-state index in [1.807, 2.05) is 12.1 Å². The lowest BCUT2D eigenvalue weighted by atomic mass is 9.87. The van der Waals surface area contributed by atoms with Crippen LogP contribution in [-0.2, 0) is 10.3 Å². The van der Waals surface area contributed by atoms with Crippen molar-refractivity contribution in [3.8, 4) is 0 Å². The third kappa shape index (κ3) is 2.33. The van der Waals surface area contributed by atoms with Gasteiger partial charge in [0.15, 0.2) is 0 Å². The Morgan fingerprint density at radius 3 is 2.07 bits per heavy atom. The van der Waals surface area contributed by atoms with Crippen LogP contribution in [0.4, 0.5) is 0 Å². The molecule has 76 valence electrons. The highest BCUT2D eigenvalue weighted by Crippen LogP contribution is 2.22. The van der Waals surface area contributed by atoms with Crippen LogP contribution in [0.1, 0.15) is 36.7 Å². The molecule has 3 nitrogen and oxygen atoms in total. The SMILES string of the molecule is CC(C)(C)c1ccc(C(=O)ON)cc1. The molecule has 1 rings (SSSR count). The second-order valence-electron chi connectivity index (χ2n) is 4.23. The van der Waals surface area contributed by atoms with Crippen LogP contribution in [0.2, 0.25) is 0 Å². The van der Waals surface area contributed by atoms with E-state index in [-0.39, 0.29) is 5.41 Å². The maximum Gasteiger partial charge on any atom is 0.356 e. The minimum absolute atomic E-state index is 0.0884. The van der Waals surface area contributed by atoms with Crippen molar-refractivity contribution < 1.29 is 9.63 Å². The zero-order valence-corrected chi connectivity index (χ0v) is 8.70. The van der Waals surface area contributed by atoms with Gasteiger partial charge in [-0.2, -0.15) is 5.90 Å². The average Bonchev–Trinajstić information content (AvgIpc) is 2.15. The summed E-state index contributed by atoms with van der Waals surface area (Å²) in [7, 11) is 0. The summed E-state index contributed by atoms with van der Waals surface area (Å²) in [6, 6.07) is 7.25. The van der Waals surface area contributed by atoms with Gasteiger partial charge >= 0.3 is 5.97 Å². The molecule has 1 aromatic carbocycles. The molecule has 0 aliphatic heterocycles. The van der Waals surface area contributed by atoms with E-state index >= 15 is 0 Å². The van der Waals surface area contributed by atoms with Gasteiger partial charge in [0, 0.05) is 0 Å². The Labute approximate surface area is 83.8 Å². The van der Waals surface area contributed by atoms with Crippen LogP contribution in [0.5, 0.6) is 0 Å². The highest BCUT2D eigenvalue weighted by Gasteiger charge is 2.14. The van der Waals surface area contributed by atoms with Crippen molar-refractivity contribution in [2.75, 3.05) is 0 Å². The predicted octanol–water partition coefficient (Wildman–Crippen LogP) is 2.01. The molecule has 0 aliphatic carbocycles. The summed E-state index contributed by atoms with van der Waals surface area (Å²) in [5.41, 5.74) is 1.73. The van der Waals surface area contributed by atoms with Gasteiger partial charge in [0.05, 0.1) is 5.56 Å². The lowest BCUT2D eigenvalue weighted by Crippen LogP contribution is -2.13. The van der Waals surface area contributed by atoms with E-state index in [4.69, 9.17) is 5.90 Å². The van der Waals surface area contributed by atoms with E-state index in [9.17, 15) is 4.79 Å². The molecule has 0 saturated heterocycles. The molecular formula is C11H15NO2. The van der Waals surface area contributed by atoms with Crippen molar-refractivity contribution in [2.24, 2.45) is 5.90 Å². The average molecular weight is 193 g/mol. The summed E-state index contributed by atoms with van der Waals surface area (Å²) in [6.45, 7) is 6.34. The van der Waals surface area contributed by atoms with Crippen LogP contribution in [0.25, 0.3) is 0 Å². The zero-order chi connectivity index (χ0) is 10.8. The van der Waals surface area contributed by atoms with Crippen molar-refractivity contribution in [3.05, 3.63) is 35.4 Å². The van der Waals surface area contributed by atoms with Crippen LogP contribution >= 0.6 is 0 Å². The number of hydrogen-bond acceptors (Lipinski definition) is 3. The maximum absolute atomic E-state index is 11.0. The predicted molar refractivity (Wildman–Crippen MR) is 54.7 cm³/mol. The summed E-state index contributed by atoms with van der Waals surface area (Å²) in [5, 5.41) is 0. The normalized spacial score (nSPS) is 11.1. The maximum atomic E-state index is 11.0. The fourth-order valence-corrected chi connectivity index (χ4v) is 1.17. The first kappa shape index (κ1) is 10.7. The molecule has 0 fully saturated rings. The van der Waals surface area contributed by atoms with Crippen LogP contribution < -0.4 is 5.90 Å². The van der Waals surface area contributed by atoms with Crippen molar-refractivity contribution in [1.29, 1.82) is 0 Å². The molecule has 2 N–H and O–H groups in total. The first-order valence-corrected chi connectivity index (χ1v) is 4.47. The Kier molecular flexibility index (Phi) is 2.91. The molecule has 14 heavy (non-hydrogen) atoms. The van der Waals surface area contributed by atoms with Crippen molar-refractivity contribution in [1.82, 2.24) is 0 Å². The van der Waals surface area contributed by atoms with E-state index in [2.05, 4.69) is 25.6 Å². The molecular weight excluding hydrogens is 178 g/mol. The Bertz CT molecular complexity index is 322. The fourth-order valence-electron chi connectivity index (χ4n) is 1.17. The number of carbonyl (C=O) groups is 1. The third-order valence-electron chi connectivity index (χ3n) is 2.09. The Morgan fingerprint density at radius 1 is 1.21 bits per heavy atom. The largest absolute Gasteiger partial charge is 0.370 e. The third-order valence-corrected chi connectivity index (χ3v) is 2.09. The molecule has 0 saturated carbocycles. The number of carbonyl (C=O) groups excluding carboxylic acids is 1. The molecule has 0 aromatic heterocycles.